The van der Waals surface area contributed by atoms with Crippen LogP contribution in [0, 0.1) is 5.95 Å². The van der Waals surface area contributed by atoms with Gasteiger partial charge in [0.05, 0.1) is 23.3 Å². The topological polar surface area (TPSA) is 135 Å². The molecule has 0 bridgehead atoms. The summed E-state index contributed by atoms with van der Waals surface area (Å²) in [6.45, 7) is 2.01. The molecule has 42 heavy (non-hydrogen) atoms. The number of sulfone groups is 1. The normalized spacial score (nSPS) is 12.5. The number of carbonyl (C=O) groups is 1. The molecule has 0 saturated carbocycles. The predicted octanol–water partition coefficient (Wildman–Crippen LogP) is 6.15. The third-order valence-electron chi connectivity index (χ3n) is 6.46. The molecule has 0 unspecified atom stereocenters. The number of fused-ring (bicyclic) bond motifs is 1. The van der Waals surface area contributed by atoms with Gasteiger partial charge in [0.15, 0.2) is 14.9 Å². The van der Waals surface area contributed by atoms with Crippen LogP contribution in [0.3, 0.4) is 0 Å². The van der Waals surface area contributed by atoms with Crippen LogP contribution in [0.1, 0.15) is 35.6 Å². The van der Waals surface area contributed by atoms with Gasteiger partial charge in [-0.3, -0.25) is 5.10 Å². The third-order valence-corrected chi connectivity index (χ3v) is 7.43. The fourth-order valence-electron chi connectivity index (χ4n) is 4.52. The van der Waals surface area contributed by atoms with Crippen molar-refractivity contribution < 1.29 is 27.4 Å². The zero-order chi connectivity index (χ0) is 29.9. The molecular formula is C31H25FN4O5S. The lowest BCUT2D eigenvalue weighted by molar-refractivity contribution is -0.131. The Hall–Kier alpha value is -5.16. The van der Waals surface area contributed by atoms with Gasteiger partial charge in [0.1, 0.15) is 5.75 Å². The first-order valence-corrected chi connectivity index (χ1v) is 14.7. The number of carboxylic acids is 1. The zero-order valence-corrected chi connectivity index (χ0v) is 23.4. The maximum absolute atomic E-state index is 14.5. The number of ether oxygens (including phenoxy) is 1. The van der Waals surface area contributed by atoms with E-state index in [0.29, 0.717) is 28.6 Å². The molecule has 2 heterocycles. The van der Waals surface area contributed by atoms with E-state index >= 15 is 0 Å². The van der Waals surface area contributed by atoms with Crippen LogP contribution in [0.2, 0.25) is 0 Å². The van der Waals surface area contributed by atoms with E-state index in [1.165, 1.54) is 12.3 Å². The van der Waals surface area contributed by atoms with Gasteiger partial charge in [0.25, 0.3) is 0 Å². The van der Waals surface area contributed by atoms with Gasteiger partial charge in [0.2, 0.25) is 11.8 Å². The number of aliphatic carboxylic acids is 1. The van der Waals surface area contributed by atoms with Gasteiger partial charge in [0, 0.05) is 12.3 Å². The summed E-state index contributed by atoms with van der Waals surface area (Å²) in [6.07, 6.45) is 6.63. The summed E-state index contributed by atoms with van der Waals surface area (Å²) in [5, 5.41) is 15.6. The van der Waals surface area contributed by atoms with Crippen LogP contribution in [0.25, 0.3) is 28.1 Å². The maximum atomic E-state index is 14.5. The molecule has 2 N–H and O–H groups in total. The van der Waals surface area contributed by atoms with Crippen LogP contribution < -0.4 is 4.74 Å². The van der Waals surface area contributed by atoms with Gasteiger partial charge >= 0.3 is 5.97 Å². The van der Waals surface area contributed by atoms with Crippen LogP contribution in [0.5, 0.6) is 11.6 Å². The number of allylic oxidation sites excluding steroid dienone is 1. The Morgan fingerprint density at radius 2 is 1.76 bits per heavy atom. The van der Waals surface area contributed by atoms with Crippen molar-refractivity contribution in [3.05, 3.63) is 113 Å². The highest BCUT2D eigenvalue weighted by molar-refractivity contribution is 7.90. The number of rotatable bonds is 9. The van der Waals surface area contributed by atoms with E-state index in [9.17, 15) is 17.6 Å². The summed E-state index contributed by atoms with van der Waals surface area (Å²) in [5.74, 6) is -0.975. The molecule has 0 aliphatic heterocycles. The number of nitrogens with zero attached hydrogens (tertiary/aromatic N) is 3. The van der Waals surface area contributed by atoms with Crippen molar-refractivity contribution in [1.29, 1.82) is 0 Å². The van der Waals surface area contributed by atoms with E-state index in [0.717, 1.165) is 46.4 Å². The van der Waals surface area contributed by atoms with Gasteiger partial charge in [-0.05, 0) is 70.2 Å². The number of halogens is 1. The largest absolute Gasteiger partial charge is 0.478 e. The maximum Gasteiger partial charge on any atom is 0.328 e. The second kappa shape index (κ2) is 11.8. The van der Waals surface area contributed by atoms with E-state index in [2.05, 4.69) is 20.2 Å². The predicted molar refractivity (Wildman–Crippen MR) is 157 cm³/mol. The van der Waals surface area contributed by atoms with Crippen molar-refractivity contribution in [1.82, 2.24) is 20.2 Å². The summed E-state index contributed by atoms with van der Waals surface area (Å²) in [4.78, 5) is 18.9. The minimum absolute atomic E-state index is 0.132. The highest BCUT2D eigenvalue weighted by Crippen LogP contribution is 2.37. The molecule has 0 atom stereocenters. The summed E-state index contributed by atoms with van der Waals surface area (Å²) < 4.78 is 43.8. The number of hydrogen-bond acceptors (Lipinski definition) is 7. The SMILES string of the molecule is CCC(=C(c1ccc(C=CC(=O)O)cc1)c1ccc2n[nH]c(F)c2c1)c1cccc(Oc2cnc(S(C)(=O)=O)cn2)c1. The summed E-state index contributed by atoms with van der Waals surface area (Å²) in [7, 11) is -3.49. The van der Waals surface area contributed by atoms with Crippen molar-refractivity contribution in [2.75, 3.05) is 6.26 Å². The number of nitrogens with one attached hydrogen (secondary N) is 1. The molecule has 0 aliphatic carbocycles. The fraction of sp³-hybridized carbons (Fsp3) is 0.0968. The van der Waals surface area contributed by atoms with Crippen molar-refractivity contribution in [2.24, 2.45) is 0 Å². The minimum Gasteiger partial charge on any atom is -0.478 e. The van der Waals surface area contributed by atoms with Gasteiger partial charge < -0.3 is 9.84 Å². The summed E-state index contributed by atoms with van der Waals surface area (Å²) in [6, 6.07) is 20.1. The number of benzene rings is 3. The molecule has 11 heteroatoms. The molecule has 5 aromatic rings. The molecule has 0 fully saturated rings. The molecule has 3 aromatic carbocycles. The molecule has 0 saturated heterocycles. The minimum atomic E-state index is -3.49. The molecule has 9 nitrogen and oxygen atoms in total. The molecular weight excluding hydrogens is 559 g/mol. The van der Waals surface area contributed by atoms with Crippen molar-refractivity contribution in [3.8, 4) is 11.6 Å². The van der Waals surface area contributed by atoms with E-state index < -0.39 is 21.8 Å². The van der Waals surface area contributed by atoms with E-state index in [-0.39, 0.29) is 10.9 Å². The monoisotopic (exact) mass is 584 g/mol. The van der Waals surface area contributed by atoms with Crippen molar-refractivity contribution in [3.63, 3.8) is 0 Å². The average molecular weight is 585 g/mol. The first-order valence-electron chi connectivity index (χ1n) is 12.8. The van der Waals surface area contributed by atoms with Crippen LogP contribution in [-0.4, -0.2) is 45.9 Å². The molecule has 0 spiro atoms. The van der Waals surface area contributed by atoms with E-state index in [1.54, 1.807) is 18.2 Å². The Morgan fingerprint density at radius 3 is 2.43 bits per heavy atom. The Bertz CT molecular complexity index is 1950. The summed E-state index contributed by atoms with van der Waals surface area (Å²) in [5.41, 5.74) is 5.46. The lowest BCUT2D eigenvalue weighted by Crippen LogP contribution is -2.01. The van der Waals surface area contributed by atoms with E-state index in [4.69, 9.17) is 9.84 Å². The van der Waals surface area contributed by atoms with Crippen molar-refractivity contribution >= 4 is 43.9 Å². The fourth-order valence-corrected chi connectivity index (χ4v) is 5.01. The Morgan fingerprint density at radius 1 is 1.00 bits per heavy atom. The van der Waals surface area contributed by atoms with E-state index in [1.807, 2.05) is 55.5 Å². The van der Waals surface area contributed by atoms with Crippen LogP contribution in [-0.2, 0) is 14.6 Å². The average Bonchev–Trinajstić information content (AvgIpc) is 3.35. The highest BCUT2D eigenvalue weighted by atomic mass is 32.2. The van der Waals surface area contributed by atoms with Gasteiger partial charge in [-0.15, -0.1) is 0 Å². The molecule has 0 radical (unpaired) electrons. The van der Waals surface area contributed by atoms with Gasteiger partial charge in [-0.1, -0.05) is 49.4 Å². The van der Waals surface area contributed by atoms with Crippen LogP contribution in [0.15, 0.2) is 90.2 Å². The number of aromatic amines is 1. The van der Waals surface area contributed by atoms with Gasteiger partial charge in [-0.25, -0.2) is 23.2 Å². The third kappa shape index (κ3) is 6.26. The Kier molecular flexibility index (Phi) is 7.94. The standard InChI is InChI=1S/C31H25FN4O5S/c1-3-24(21-5-4-6-23(15-21)41-27-17-34-28(18-33-27)42(2,39)40)30(20-10-7-19(8-11-20)9-14-29(37)38)22-12-13-26-25(16-22)31(32)36-35-26/h4-18H,3H2,1-2H3,(H,35,36)(H,37,38). The zero-order valence-electron chi connectivity index (χ0n) is 22.6. The first kappa shape index (κ1) is 28.4. The quantitative estimate of drug-likeness (QED) is 0.155. The second-order valence-corrected chi connectivity index (χ2v) is 11.3. The number of aromatic nitrogens is 4. The first-order chi connectivity index (χ1) is 20.1. The molecule has 2 aromatic heterocycles. The lowest BCUT2D eigenvalue weighted by Gasteiger charge is -2.17. The molecule has 0 amide bonds. The Labute approximate surface area is 241 Å². The number of H-pyrrole nitrogens is 1. The smallest absolute Gasteiger partial charge is 0.328 e. The highest BCUT2D eigenvalue weighted by Gasteiger charge is 2.17. The number of carboxylic acid groups (broad SMARTS) is 1. The molecule has 5 rings (SSSR count). The van der Waals surface area contributed by atoms with Crippen LogP contribution >= 0.6 is 0 Å². The molecule has 212 valence electrons. The van der Waals surface area contributed by atoms with Crippen molar-refractivity contribution in [2.45, 2.75) is 18.4 Å². The lowest BCUT2D eigenvalue weighted by atomic mass is 9.87. The second-order valence-electron chi connectivity index (χ2n) is 9.37. The van der Waals surface area contributed by atoms with Gasteiger partial charge in [-0.2, -0.15) is 9.49 Å². The molecule has 0 aliphatic rings. The van der Waals surface area contributed by atoms with Crippen LogP contribution in [0.4, 0.5) is 4.39 Å². The Balaban J connectivity index is 1.61. The number of hydrogen-bond donors (Lipinski definition) is 2. The summed E-state index contributed by atoms with van der Waals surface area (Å²) >= 11 is 0.